The van der Waals surface area contributed by atoms with E-state index in [4.69, 9.17) is 0 Å². The Hall–Kier alpha value is -8.20. The largest absolute Gasteiger partial charge is 0.309 e. The third kappa shape index (κ3) is 5.30. The van der Waals surface area contributed by atoms with Gasteiger partial charge in [-0.2, -0.15) is 0 Å². The molecule has 0 atom stereocenters. The average Bonchev–Trinajstić information content (AvgIpc) is 3.86. The van der Waals surface area contributed by atoms with Crippen molar-refractivity contribution in [2.45, 2.75) is 0 Å². The quantitative estimate of drug-likeness (QED) is 0.117. The Morgan fingerprint density at radius 1 is 0.306 bits per heavy atom. The number of aromatic nitrogens is 2. The Kier molecular flexibility index (Phi) is 7.64. The number of nitrogens with zero attached hydrogens (tertiary/aromatic N) is 2. The van der Waals surface area contributed by atoms with Gasteiger partial charge in [0.1, 0.15) is 0 Å². The summed E-state index contributed by atoms with van der Waals surface area (Å²) in [5.74, 6) is 0. The van der Waals surface area contributed by atoms with Gasteiger partial charge in [-0.1, -0.05) is 176 Å². The monoisotopic (exact) mass is 786 g/mol. The minimum Gasteiger partial charge on any atom is -0.309 e. The maximum absolute atomic E-state index is 2.38. The number of para-hydroxylation sites is 4. The fourth-order valence-electron chi connectivity index (χ4n) is 10.2. The van der Waals surface area contributed by atoms with Crippen molar-refractivity contribution in [1.82, 2.24) is 9.13 Å². The van der Waals surface area contributed by atoms with E-state index in [1.807, 2.05) is 0 Å². The summed E-state index contributed by atoms with van der Waals surface area (Å²) in [7, 11) is 0. The van der Waals surface area contributed by atoms with Gasteiger partial charge >= 0.3 is 0 Å². The van der Waals surface area contributed by atoms with Gasteiger partial charge in [0.2, 0.25) is 0 Å². The maximum atomic E-state index is 2.38. The van der Waals surface area contributed by atoms with Gasteiger partial charge in [-0.25, -0.2) is 0 Å². The van der Waals surface area contributed by atoms with E-state index in [1.165, 1.54) is 92.6 Å². The van der Waals surface area contributed by atoms with Crippen molar-refractivity contribution in [3.63, 3.8) is 0 Å². The number of benzene rings is 11. The molecule has 0 unspecified atom stereocenters. The molecule has 0 aliphatic rings. The minimum atomic E-state index is 1.14. The van der Waals surface area contributed by atoms with Crippen LogP contribution in [0.25, 0.3) is 110 Å². The first-order valence-corrected chi connectivity index (χ1v) is 21.4. The van der Waals surface area contributed by atoms with E-state index in [0.717, 1.165) is 28.1 Å². The second kappa shape index (κ2) is 13.7. The van der Waals surface area contributed by atoms with Gasteiger partial charge in [-0.05, 0) is 120 Å². The highest BCUT2D eigenvalue weighted by molar-refractivity contribution is 6.25. The molecule has 11 aromatic carbocycles. The summed E-state index contributed by atoms with van der Waals surface area (Å²) >= 11 is 0. The van der Waals surface area contributed by atoms with Gasteiger partial charge in [-0.15, -0.1) is 0 Å². The molecule has 0 saturated carbocycles. The first kappa shape index (κ1) is 34.6. The number of hydrogen-bond acceptors (Lipinski definition) is 0. The van der Waals surface area contributed by atoms with Crippen molar-refractivity contribution in [3.8, 4) is 22.5 Å². The van der Waals surface area contributed by atoms with Crippen LogP contribution in [-0.4, -0.2) is 9.13 Å². The second-order valence-corrected chi connectivity index (χ2v) is 16.5. The first-order valence-electron chi connectivity index (χ1n) is 21.4. The molecular formula is C60H38N2. The normalized spacial score (nSPS) is 11.9. The van der Waals surface area contributed by atoms with Crippen LogP contribution in [0.5, 0.6) is 0 Å². The highest BCUT2D eigenvalue weighted by atomic mass is 15.0. The molecule has 0 aliphatic heterocycles. The summed E-state index contributed by atoms with van der Waals surface area (Å²) in [5, 5.41) is 12.9. The molecule has 0 bridgehead atoms. The van der Waals surface area contributed by atoms with Crippen LogP contribution in [0.3, 0.4) is 0 Å². The number of rotatable bonds is 6. The van der Waals surface area contributed by atoms with Crippen LogP contribution in [0.2, 0.25) is 0 Å². The number of hydrogen-bond donors (Lipinski definition) is 0. The molecule has 2 nitrogen and oxygen atoms in total. The lowest BCUT2D eigenvalue weighted by Gasteiger charge is -2.15. The van der Waals surface area contributed by atoms with E-state index in [2.05, 4.69) is 240 Å². The standard InChI is InChI=1S/C60H38N2/c1-5-16-55-49(12-1)50-13-2-6-17-56(50)61(55)46-32-26-41(27-33-46)54(42-28-34-47(35-29-42)62-57-18-7-3-14-51(57)52-15-4-8-19-58(52)62)38-39-20-22-40(23-21-39)48-36-30-45-25-24-43-10-9-11-44-31-37-53(48)60(45)59(43)44/h1-38H. The summed E-state index contributed by atoms with van der Waals surface area (Å²) in [5.41, 5.74) is 14.2. The summed E-state index contributed by atoms with van der Waals surface area (Å²) in [6.07, 6.45) is 2.35. The van der Waals surface area contributed by atoms with Crippen LogP contribution in [0, 0.1) is 0 Å². The molecule has 0 saturated heterocycles. The molecule has 0 aliphatic carbocycles. The SMILES string of the molecule is C(=C(c1ccc(-n2c3ccccc3c3ccccc32)cc1)c1ccc(-n2c3ccccc3c3ccccc32)cc1)c1ccc(-c2ccc3ccc4cccc5ccc2c3c45)cc1. The zero-order valence-corrected chi connectivity index (χ0v) is 33.8. The highest BCUT2D eigenvalue weighted by Gasteiger charge is 2.16. The highest BCUT2D eigenvalue weighted by Crippen LogP contribution is 2.40. The van der Waals surface area contributed by atoms with Crippen molar-refractivity contribution in [2.75, 3.05) is 0 Å². The van der Waals surface area contributed by atoms with Gasteiger partial charge in [0.05, 0.1) is 22.1 Å². The molecule has 2 heterocycles. The molecule has 0 fully saturated rings. The summed E-state index contributed by atoms with van der Waals surface area (Å²) in [6, 6.07) is 82.4. The van der Waals surface area contributed by atoms with E-state index < -0.39 is 0 Å². The molecule has 288 valence electrons. The van der Waals surface area contributed by atoms with Crippen LogP contribution < -0.4 is 0 Å². The van der Waals surface area contributed by atoms with Gasteiger partial charge in [-0.3, -0.25) is 0 Å². The molecule has 0 spiro atoms. The predicted molar refractivity (Wildman–Crippen MR) is 264 cm³/mol. The van der Waals surface area contributed by atoms with E-state index in [0.29, 0.717) is 0 Å². The Balaban J connectivity index is 0.931. The predicted octanol–water partition coefficient (Wildman–Crippen LogP) is 16.0. The molecule has 62 heavy (non-hydrogen) atoms. The van der Waals surface area contributed by atoms with Crippen LogP contribution in [0.15, 0.2) is 224 Å². The van der Waals surface area contributed by atoms with Crippen molar-refractivity contribution in [2.24, 2.45) is 0 Å². The van der Waals surface area contributed by atoms with Gasteiger partial charge < -0.3 is 9.13 Å². The third-order valence-electron chi connectivity index (χ3n) is 13.1. The fraction of sp³-hybridized carbons (Fsp3) is 0. The summed E-state index contributed by atoms with van der Waals surface area (Å²) < 4.78 is 4.77. The first-order chi connectivity index (χ1) is 30.7. The Morgan fingerprint density at radius 2 is 0.726 bits per heavy atom. The molecule has 0 amide bonds. The number of fused-ring (bicyclic) bond motifs is 6. The molecule has 0 radical (unpaired) electrons. The average molecular weight is 787 g/mol. The molecule has 2 heteroatoms. The van der Waals surface area contributed by atoms with Crippen molar-refractivity contribution >= 4 is 87.6 Å². The molecule has 0 N–H and O–H groups in total. The van der Waals surface area contributed by atoms with Crippen LogP contribution in [0.4, 0.5) is 0 Å². The molecule has 13 rings (SSSR count). The van der Waals surface area contributed by atoms with E-state index in [-0.39, 0.29) is 0 Å². The maximum Gasteiger partial charge on any atom is 0.0541 e. The lowest BCUT2D eigenvalue weighted by molar-refractivity contribution is 1.18. The van der Waals surface area contributed by atoms with E-state index in [1.54, 1.807) is 0 Å². The Labute approximate surface area is 358 Å². The van der Waals surface area contributed by atoms with Gasteiger partial charge in [0.15, 0.2) is 0 Å². The summed E-state index contributed by atoms with van der Waals surface area (Å²) in [4.78, 5) is 0. The fourth-order valence-corrected chi connectivity index (χ4v) is 10.2. The minimum absolute atomic E-state index is 1.14. The molecule has 13 aromatic rings. The van der Waals surface area contributed by atoms with Crippen molar-refractivity contribution < 1.29 is 0 Å². The molecule has 2 aromatic heterocycles. The Bertz CT molecular complexity index is 3600. The summed E-state index contributed by atoms with van der Waals surface area (Å²) in [6.45, 7) is 0. The lowest BCUT2D eigenvalue weighted by Crippen LogP contribution is -1.96. The molecular weight excluding hydrogens is 749 g/mol. The van der Waals surface area contributed by atoms with Gasteiger partial charge in [0, 0.05) is 32.9 Å². The van der Waals surface area contributed by atoms with Crippen LogP contribution in [-0.2, 0) is 0 Å². The zero-order valence-electron chi connectivity index (χ0n) is 33.8. The van der Waals surface area contributed by atoms with Crippen molar-refractivity contribution in [3.05, 3.63) is 241 Å². The smallest absolute Gasteiger partial charge is 0.0541 e. The Morgan fingerprint density at radius 3 is 1.21 bits per heavy atom. The zero-order chi connectivity index (χ0) is 40.7. The topological polar surface area (TPSA) is 9.86 Å². The van der Waals surface area contributed by atoms with Crippen LogP contribution >= 0.6 is 0 Å². The van der Waals surface area contributed by atoms with Crippen LogP contribution in [0.1, 0.15) is 16.7 Å². The lowest BCUT2D eigenvalue weighted by atomic mass is 9.89. The van der Waals surface area contributed by atoms with Crippen molar-refractivity contribution in [1.29, 1.82) is 0 Å². The van der Waals surface area contributed by atoms with Gasteiger partial charge in [0.25, 0.3) is 0 Å². The second-order valence-electron chi connectivity index (χ2n) is 16.5. The third-order valence-corrected chi connectivity index (χ3v) is 13.1. The van der Waals surface area contributed by atoms with E-state index >= 15 is 0 Å². The van der Waals surface area contributed by atoms with E-state index in [9.17, 15) is 0 Å².